The lowest BCUT2D eigenvalue weighted by Gasteiger charge is -2.13. The highest BCUT2D eigenvalue weighted by Crippen LogP contribution is 2.24. The fourth-order valence-electron chi connectivity index (χ4n) is 2.41. The van der Waals surface area contributed by atoms with E-state index >= 15 is 0 Å². The summed E-state index contributed by atoms with van der Waals surface area (Å²) < 4.78 is 1.63. The number of carbonyl (C=O) groups is 2. The van der Waals surface area contributed by atoms with Crippen molar-refractivity contribution >= 4 is 34.8 Å². The van der Waals surface area contributed by atoms with Gasteiger partial charge in [-0.2, -0.15) is 5.10 Å². The van der Waals surface area contributed by atoms with E-state index in [0.29, 0.717) is 35.0 Å². The number of hydrogen-bond acceptors (Lipinski definition) is 6. The van der Waals surface area contributed by atoms with Crippen molar-refractivity contribution in [2.45, 2.75) is 6.92 Å². The van der Waals surface area contributed by atoms with Gasteiger partial charge in [0.1, 0.15) is 5.82 Å². The molecule has 4 N–H and O–H groups in total. The second-order valence-electron chi connectivity index (χ2n) is 5.82. The van der Waals surface area contributed by atoms with Crippen LogP contribution in [0.15, 0.2) is 49.2 Å². The molecule has 10 heteroatoms. The molecule has 0 unspecified atom stereocenters. The minimum absolute atomic E-state index is 0.300. The van der Waals surface area contributed by atoms with E-state index in [2.05, 4.69) is 36.3 Å². The number of pyridine rings is 2. The number of hydrogen-bond donors (Lipinski definition) is 4. The molecule has 28 heavy (non-hydrogen) atoms. The van der Waals surface area contributed by atoms with Crippen molar-refractivity contribution in [3.8, 4) is 0 Å². The quantitative estimate of drug-likeness (QED) is 0.520. The molecule has 0 radical (unpaired) electrons. The van der Waals surface area contributed by atoms with Gasteiger partial charge in [-0.05, 0) is 19.1 Å². The van der Waals surface area contributed by atoms with E-state index in [4.69, 9.17) is 0 Å². The van der Waals surface area contributed by atoms with Crippen LogP contribution < -0.4 is 21.3 Å². The van der Waals surface area contributed by atoms with Gasteiger partial charge in [0.15, 0.2) is 0 Å². The lowest BCUT2D eigenvalue weighted by atomic mass is 10.2. The topological polar surface area (TPSA) is 126 Å². The molecule has 0 saturated heterocycles. The second-order valence-corrected chi connectivity index (χ2v) is 5.82. The maximum Gasteiger partial charge on any atom is 0.320 e. The molecule has 0 aliphatic carbocycles. The molecule has 3 rings (SSSR count). The van der Waals surface area contributed by atoms with Crippen molar-refractivity contribution in [3.63, 3.8) is 0 Å². The maximum absolute atomic E-state index is 12.7. The highest BCUT2D eigenvalue weighted by Gasteiger charge is 2.15. The number of anilines is 4. The summed E-state index contributed by atoms with van der Waals surface area (Å²) in [5.41, 5.74) is 2.02. The number of aryl methyl sites for hydroxylation is 1. The van der Waals surface area contributed by atoms with Crippen LogP contribution in [0.5, 0.6) is 0 Å². The van der Waals surface area contributed by atoms with Crippen LogP contribution >= 0.6 is 0 Å². The van der Waals surface area contributed by atoms with E-state index in [1.54, 1.807) is 54.7 Å². The van der Waals surface area contributed by atoms with Crippen molar-refractivity contribution in [2.75, 3.05) is 22.5 Å². The summed E-state index contributed by atoms with van der Waals surface area (Å²) in [7, 11) is 1.79. The van der Waals surface area contributed by atoms with Crippen LogP contribution in [0.2, 0.25) is 0 Å². The number of carbonyl (C=O) groups excluding carboxylic acids is 2. The monoisotopic (exact) mass is 380 g/mol. The number of rotatable bonds is 6. The van der Waals surface area contributed by atoms with E-state index in [9.17, 15) is 9.59 Å². The predicted octanol–water partition coefficient (Wildman–Crippen LogP) is 2.35. The summed E-state index contributed by atoms with van der Waals surface area (Å²) in [6, 6.07) is 4.66. The molecule has 144 valence electrons. The zero-order chi connectivity index (χ0) is 19.9. The molecule has 3 amide bonds. The number of nitrogens with one attached hydrogen (secondary N) is 4. The Labute approximate surface area is 161 Å². The third-order valence-corrected chi connectivity index (χ3v) is 3.63. The van der Waals surface area contributed by atoms with E-state index in [1.165, 1.54) is 6.20 Å². The summed E-state index contributed by atoms with van der Waals surface area (Å²) in [5.74, 6) is -0.0632. The van der Waals surface area contributed by atoms with Gasteiger partial charge < -0.3 is 16.0 Å². The third kappa shape index (κ3) is 4.81. The van der Waals surface area contributed by atoms with Crippen LogP contribution in [-0.2, 0) is 7.05 Å². The smallest absolute Gasteiger partial charge is 0.320 e. The Morgan fingerprint density at radius 3 is 2.68 bits per heavy atom. The summed E-state index contributed by atoms with van der Waals surface area (Å²) in [4.78, 5) is 32.6. The summed E-state index contributed by atoms with van der Waals surface area (Å²) in [5, 5.41) is 15.3. The number of urea groups is 1. The Balaban J connectivity index is 1.88. The van der Waals surface area contributed by atoms with Gasteiger partial charge in [-0.3, -0.25) is 19.8 Å². The molecule has 3 aromatic rings. The number of aromatic nitrogens is 4. The van der Waals surface area contributed by atoms with Gasteiger partial charge in [0.2, 0.25) is 0 Å². The molecule has 0 saturated carbocycles. The Morgan fingerprint density at radius 2 is 2.00 bits per heavy atom. The molecule has 3 aromatic heterocycles. The fourth-order valence-corrected chi connectivity index (χ4v) is 2.41. The normalized spacial score (nSPS) is 10.2. The molecule has 0 bridgehead atoms. The van der Waals surface area contributed by atoms with E-state index in [-0.39, 0.29) is 11.9 Å². The van der Waals surface area contributed by atoms with Gasteiger partial charge in [0.25, 0.3) is 5.91 Å². The van der Waals surface area contributed by atoms with Gasteiger partial charge in [-0.15, -0.1) is 0 Å². The lowest BCUT2D eigenvalue weighted by molar-refractivity contribution is 0.102. The first-order valence-corrected chi connectivity index (χ1v) is 8.57. The highest BCUT2D eigenvalue weighted by atomic mass is 16.2. The van der Waals surface area contributed by atoms with Crippen LogP contribution in [-0.4, -0.2) is 38.2 Å². The van der Waals surface area contributed by atoms with Crippen molar-refractivity contribution < 1.29 is 9.59 Å². The summed E-state index contributed by atoms with van der Waals surface area (Å²) >= 11 is 0. The van der Waals surface area contributed by atoms with Crippen molar-refractivity contribution in [2.24, 2.45) is 7.05 Å². The fraction of sp³-hybridized carbons (Fsp3) is 0.167. The van der Waals surface area contributed by atoms with E-state index < -0.39 is 0 Å². The molecular formula is C18H20N8O2. The Hall–Kier alpha value is -3.95. The average molecular weight is 380 g/mol. The highest BCUT2D eigenvalue weighted by molar-refractivity contribution is 6.08. The van der Waals surface area contributed by atoms with Crippen LogP contribution in [0.25, 0.3) is 0 Å². The van der Waals surface area contributed by atoms with Gasteiger partial charge >= 0.3 is 6.03 Å². The Morgan fingerprint density at radius 1 is 1.14 bits per heavy atom. The predicted molar refractivity (Wildman–Crippen MR) is 106 cm³/mol. The van der Waals surface area contributed by atoms with Crippen molar-refractivity contribution in [3.05, 3.63) is 54.7 Å². The first-order chi connectivity index (χ1) is 13.5. The lowest BCUT2D eigenvalue weighted by Crippen LogP contribution is -2.28. The largest absolute Gasteiger partial charge is 0.352 e. The van der Waals surface area contributed by atoms with Gasteiger partial charge in [-0.1, -0.05) is 0 Å². The van der Waals surface area contributed by atoms with E-state index in [1.807, 2.05) is 6.92 Å². The van der Waals surface area contributed by atoms with E-state index in [0.717, 1.165) is 0 Å². The molecule has 0 fully saturated rings. The zero-order valence-electron chi connectivity index (χ0n) is 15.4. The van der Waals surface area contributed by atoms with Crippen LogP contribution in [0.3, 0.4) is 0 Å². The second kappa shape index (κ2) is 8.62. The van der Waals surface area contributed by atoms with Crippen LogP contribution in [0, 0.1) is 0 Å². The van der Waals surface area contributed by atoms with Crippen LogP contribution in [0.1, 0.15) is 17.3 Å². The first-order valence-electron chi connectivity index (χ1n) is 8.57. The minimum Gasteiger partial charge on any atom is -0.352 e. The standard InChI is InChI=1S/C18H20N8O2/c1-3-20-18(28)25-16-7-15(23-13-9-22-26(2)11-13)14(10-21-16)17(27)24-12-5-4-6-19-8-12/h4-11H,3H2,1-2H3,(H,24,27)(H3,20,21,23,25,28). The number of amides is 3. The molecule has 10 nitrogen and oxygen atoms in total. The maximum atomic E-state index is 12.7. The van der Waals surface area contributed by atoms with Crippen molar-refractivity contribution in [1.29, 1.82) is 0 Å². The third-order valence-electron chi connectivity index (χ3n) is 3.63. The molecule has 0 aromatic carbocycles. The van der Waals surface area contributed by atoms with Gasteiger partial charge in [-0.25, -0.2) is 9.78 Å². The molecule has 3 heterocycles. The average Bonchev–Trinajstić information content (AvgIpc) is 3.07. The Kier molecular flexibility index (Phi) is 5.80. The van der Waals surface area contributed by atoms with Gasteiger partial charge in [0, 0.05) is 38.2 Å². The van der Waals surface area contributed by atoms with Crippen LogP contribution in [0.4, 0.5) is 27.7 Å². The zero-order valence-corrected chi connectivity index (χ0v) is 15.4. The summed E-state index contributed by atoms with van der Waals surface area (Å²) in [6.45, 7) is 2.30. The van der Waals surface area contributed by atoms with Gasteiger partial charge in [0.05, 0.1) is 35.0 Å². The SMILES string of the molecule is CCNC(=O)Nc1cc(Nc2cnn(C)c2)c(C(=O)Nc2cccnc2)cn1. The molecular weight excluding hydrogens is 360 g/mol. The molecule has 0 aliphatic heterocycles. The van der Waals surface area contributed by atoms with Crippen molar-refractivity contribution in [1.82, 2.24) is 25.1 Å². The minimum atomic E-state index is -0.380. The number of nitrogens with zero attached hydrogens (tertiary/aromatic N) is 4. The first kappa shape index (κ1) is 18.8. The summed E-state index contributed by atoms with van der Waals surface area (Å²) in [6.07, 6.45) is 7.95. The Bertz CT molecular complexity index is 971. The molecule has 0 aliphatic rings. The molecule has 0 spiro atoms. The molecule has 0 atom stereocenters.